The number of rotatable bonds is 4. The third kappa shape index (κ3) is 3.84. The number of carbonyl (C=O) groups is 1. The number of carbonyl (C=O) groups excluding carboxylic acids is 1. The molecule has 1 N–H and O–H groups in total. The predicted octanol–water partition coefficient (Wildman–Crippen LogP) is 4.66. The maximum Gasteiger partial charge on any atom is 0.227 e. The summed E-state index contributed by atoms with van der Waals surface area (Å²) in [7, 11) is 0. The van der Waals surface area contributed by atoms with Gasteiger partial charge in [0.25, 0.3) is 0 Å². The molecule has 1 aliphatic rings. The van der Waals surface area contributed by atoms with E-state index in [9.17, 15) is 14.4 Å². The number of aryl methyl sites for hydroxylation is 1. The van der Waals surface area contributed by atoms with Crippen LogP contribution in [0.25, 0.3) is 10.9 Å². The molecular weight excluding hydrogens is 379 g/mol. The highest BCUT2D eigenvalue weighted by molar-refractivity contribution is 5.95. The van der Waals surface area contributed by atoms with E-state index in [1.807, 2.05) is 24.3 Å². The van der Waals surface area contributed by atoms with Crippen LogP contribution in [0.15, 0.2) is 48.7 Å². The molecule has 0 bridgehead atoms. The minimum absolute atomic E-state index is 0.0293. The minimum Gasteiger partial charge on any atom is -0.370 e. The van der Waals surface area contributed by atoms with Crippen molar-refractivity contribution in [1.82, 2.24) is 4.98 Å². The quantitative estimate of drug-likeness (QED) is 0.689. The summed E-state index contributed by atoms with van der Waals surface area (Å²) in [6, 6.07) is 14.5. The van der Waals surface area contributed by atoms with Crippen LogP contribution in [-0.4, -0.2) is 24.0 Å². The van der Waals surface area contributed by atoms with Gasteiger partial charge in [-0.25, -0.2) is 4.39 Å². The molecule has 2 aromatic carbocycles. The summed E-state index contributed by atoms with van der Waals surface area (Å²) in [4.78, 5) is 19.2. The number of nitrogens with zero attached hydrogens (tertiary/aromatic N) is 3. The van der Waals surface area contributed by atoms with Crippen molar-refractivity contribution >= 4 is 28.2 Å². The molecule has 152 valence electrons. The van der Waals surface area contributed by atoms with E-state index in [0.717, 1.165) is 17.7 Å². The zero-order valence-electron chi connectivity index (χ0n) is 16.9. The number of hydrogen-bond acceptors (Lipinski definition) is 4. The summed E-state index contributed by atoms with van der Waals surface area (Å²) in [5.41, 5.74) is 3.77. The first-order valence-electron chi connectivity index (χ1n) is 10.2. The van der Waals surface area contributed by atoms with E-state index in [1.54, 1.807) is 6.07 Å². The molecule has 5 nitrogen and oxygen atoms in total. The molecular formula is C24H23FN4O. The third-order valence-electron chi connectivity index (χ3n) is 5.76. The Kier molecular flexibility index (Phi) is 5.62. The molecule has 6 heteroatoms. The van der Waals surface area contributed by atoms with Gasteiger partial charge in [-0.15, -0.1) is 0 Å². The number of fused-ring (bicyclic) bond motifs is 1. The molecule has 3 aromatic rings. The smallest absolute Gasteiger partial charge is 0.227 e. The molecule has 0 atom stereocenters. The van der Waals surface area contributed by atoms with Gasteiger partial charge >= 0.3 is 0 Å². The Labute approximate surface area is 175 Å². The van der Waals surface area contributed by atoms with Gasteiger partial charge in [0.2, 0.25) is 5.91 Å². The highest BCUT2D eigenvalue weighted by atomic mass is 19.1. The van der Waals surface area contributed by atoms with Crippen molar-refractivity contribution in [2.45, 2.75) is 26.2 Å². The van der Waals surface area contributed by atoms with E-state index in [2.05, 4.69) is 28.2 Å². The fraction of sp³-hybridized carbons (Fsp3) is 0.292. The fourth-order valence-corrected chi connectivity index (χ4v) is 4.12. The molecule has 30 heavy (non-hydrogen) atoms. The van der Waals surface area contributed by atoms with E-state index in [0.29, 0.717) is 48.1 Å². The second-order valence-electron chi connectivity index (χ2n) is 7.56. The number of hydrogen-bond donors (Lipinski definition) is 1. The summed E-state index contributed by atoms with van der Waals surface area (Å²) in [6.07, 6.45) is 3.74. The number of halogens is 1. The van der Waals surface area contributed by atoms with Crippen LogP contribution in [0.3, 0.4) is 0 Å². The first kappa shape index (κ1) is 19.8. The predicted molar refractivity (Wildman–Crippen MR) is 116 cm³/mol. The van der Waals surface area contributed by atoms with Crippen molar-refractivity contribution in [2.75, 3.05) is 23.3 Å². The van der Waals surface area contributed by atoms with Crippen LogP contribution in [0.2, 0.25) is 0 Å². The molecule has 4 rings (SSSR count). The van der Waals surface area contributed by atoms with Gasteiger partial charge in [0, 0.05) is 36.3 Å². The van der Waals surface area contributed by atoms with E-state index in [-0.39, 0.29) is 17.6 Å². The van der Waals surface area contributed by atoms with Gasteiger partial charge in [0.05, 0.1) is 16.8 Å². The van der Waals surface area contributed by atoms with E-state index >= 15 is 0 Å². The van der Waals surface area contributed by atoms with Crippen LogP contribution in [0, 0.1) is 23.1 Å². The molecule has 1 amide bonds. The number of nitrogens with one attached hydrogen (secondary N) is 1. The first-order valence-corrected chi connectivity index (χ1v) is 10.2. The van der Waals surface area contributed by atoms with Crippen LogP contribution in [0.5, 0.6) is 0 Å². The number of aromatic nitrogens is 1. The Morgan fingerprint density at radius 2 is 2.03 bits per heavy atom. The van der Waals surface area contributed by atoms with Gasteiger partial charge in [-0.2, -0.15) is 5.26 Å². The minimum atomic E-state index is -0.357. The molecule has 0 saturated carbocycles. The molecule has 2 heterocycles. The first-order chi connectivity index (χ1) is 14.6. The summed E-state index contributed by atoms with van der Waals surface area (Å²) in [5.74, 6) is -0.423. The Bertz CT molecular complexity index is 1130. The second-order valence-corrected chi connectivity index (χ2v) is 7.56. The number of piperidine rings is 1. The van der Waals surface area contributed by atoms with Crippen molar-refractivity contribution in [1.29, 1.82) is 5.26 Å². The van der Waals surface area contributed by atoms with Crippen LogP contribution >= 0.6 is 0 Å². The molecule has 0 unspecified atom stereocenters. The number of pyridine rings is 1. The number of para-hydroxylation sites is 1. The summed E-state index contributed by atoms with van der Waals surface area (Å²) in [6.45, 7) is 3.31. The van der Waals surface area contributed by atoms with Crippen molar-refractivity contribution in [3.63, 3.8) is 0 Å². The van der Waals surface area contributed by atoms with E-state index in [1.165, 1.54) is 18.3 Å². The largest absolute Gasteiger partial charge is 0.370 e. The van der Waals surface area contributed by atoms with Crippen molar-refractivity contribution in [2.24, 2.45) is 5.92 Å². The molecule has 1 fully saturated rings. The van der Waals surface area contributed by atoms with Gasteiger partial charge in [0.15, 0.2) is 0 Å². The Balaban J connectivity index is 1.52. The average molecular weight is 402 g/mol. The number of benzene rings is 2. The van der Waals surface area contributed by atoms with Gasteiger partial charge in [0.1, 0.15) is 11.9 Å². The van der Waals surface area contributed by atoms with Crippen molar-refractivity contribution in [3.05, 3.63) is 65.6 Å². The van der Waals surface area contributed by atoms with Gasteiger partial charge in [-0.05, 0) is 49.1 Å². The molecule has 0 aliphatic carbocycles. The van der Waals surface area contributed by atoms with Crippen LogP contribution in [0.4, 0.5) is 15.8 Å². The second kappa shape index (κ2) is 8.50. The summed E-state index contributed by atoms with van der Waals surface area (Å²) >= 11 is 0. The SMILES string of the molecule is CCc1ccccc1NC(=O)C1CCN(c2c(C#N)cnc3ccc(F)cc23)CC1. The van der Waals surface area contributed by atoms with Gasteiger partial charge < -0.3 is 10.2 Å². The number of anilines is 2. The lowest BCUT2D eigenvalue weighted by molar-refractivity contribution is -0.120. The maximum atomic E-state index is 13.9. The van der Waals surface area contributed by atoms with Crippen LogP contribution in [-0.2, 0) is 11.2 Å². The van der Waals surface area contributed by atoms with E-state index < -0.39 is 0 Å². The normalized spacial score (nSPS) is 14.5. The van der Waals surface area contributed by atoms with Gasteiger partial charge in [-0.1, -0.05) is 25.1 Å². The maximum absolute atomic E-state index is 13.9. The Morgan fingerprint density at radius 3 is 2.77 bits per heavy atom. The highest BCUT2D eigenvalue weighted by Crippen LogP contribution is 2.33. The zero-order chi connectivity index (χ0) is 21.1. The molecule has 1 aromatic heterocycles. The summed E-state index contributed by atoms with van der Waals surface area (Å²) in [5, 5.41) is 13.3. The van der Waals surface area contributed by atoms with Crippen molar-refractivity contribution < 1.29 is 9.18 Å². The lowest BCUT2D eigenvalue weighted by atomic mass is 9.94. The number of nitriles is 1. The van der Waals surface area contributed by atoms with Crippen LogP contribution in [0.1, 0.15) is 30.9 Å². The van der Waals surface area contributed by atoms with Gasteiger partial charge in [-0.3, -0.25) is 9.78 Å². The lowest BCUT2D eigenvalue weighted by Crippen LogP contribution is -2.38. The third-order valence-corrected chi connectivity index (χ3v) is 5.76. The highest BCUT2D eigenvalue weighted by Gasteiger charge is 2.27. The monoisotopic (exact) mass is 402 g/mol. The Morgan fingerprint density at radius 1 is 1.27 bits per heavy atom. The lowest BCUT2D eigenvalue weighted by Gasteiger charge is -2.34. The molecule has 0 radical (unpaired) electrons. The average Bonchev–Trinajstić information content (AvgIpc) is 2.78. The fourth-order valence-electron chi connectivity index (χ4n) is 4.12. The number of amides is 1. The Hall–Kier alpha value is -3.46. The van der Waals surface area contributed by atoms with E-state index in [4.69, 9.17) is 0 Å². The van der Waals surface area contributed by atoms with Crippen LogP contribution < -0.4 is 10.2 Å². The molecule has 0 spiro atoms. The molecule has 1 aliphatic heterocycles. The van der Waals surface area contributed by atoms with Crippen molar-refractivity contribution in [3.8, 4) is 6.07 Å². The zero-order valence-corrected chi connectivity index (χ0v) is 16.9. The summed E-state index contributed by atoms with van der Waals surface area (Å²) < 4.78 is 13.9. The standard InChI is InChI=1S/C24H23FN4O/c1-2-16-5-3-4-6-21(16)28-24(30)17-9-11-29(12-10-17)23-18(14-26)15-27-22-8-7-19(25)13-20(22)23/h3-8,13,15,17H,2,9-12H2,1H3,(H,28,30). The topological polar surface area (TPSA) is 69.0 Å². The molecule has 1 saturated heterocycles.